The van der Waals surface area contributed by atoms with Gasteiger partial charge in [0.2, 0.25) is 0 Å². The van der Waals surface area contributed by atoms with E-state index in [1.165, 1.54) is 11.1 Å². The lowest BCUT2D eigenvalue weighted by Crippen LogP contribution is -1.93. The summed E-state index contributed by atoms with van der Waals surface area (Å²) in [4.78, 5) is 0. The second-order valence-corrected chi connectivity index (χ2v) is 3.63. The molecule has 0 unspecified atom stereocenters. The first-order valence-electron chi connectivity index (χ1n) is 4.98. The molecule has 1 heteroatoms. The predicted octanol–water partition coefficient (Wildman–Crippen LogP) is 2.31. The molecule has 0 aliphatic rings. The van der Waals surface area contributed by atoms with E-state index in [1.54, 1.807) is 0 Å². The molecule has 2 N–H and O–H groups in total. The SMILES string of the molecule is CC(C)c1ccc(CC#CCN)cc1. The maximum Gasteiger partial charge on any atom is 0.0551 e. The highest BCUT2D eigenvalue weighted by Gasteiger charge is 1.97. The first kappa shape index (κ1) is 10.8. The fraction of sp³-hybridized carbons (Fsp3) is 0.385. The molecule has 0 spiro atoms. The van der Waals surface area contributed by atoms with Crippen molar-refractivity contribution in [1.29, 1.82) is 0 Å². The van der Waals surface area contributed by atoms with Gasteiger partial charge in [0, 0.05) is 6.42 Å². The maximum absolute atomic E-state index is 5.28. The van der Waals surface area contributed by atoms with E-state index in [4.69, 9.17) is 5.73 Å². The van der Waals surface area contributed by atoms with Crippen LogP contribution in [-0.4, -0.2) is 6.54 Å². The van der Waals surface area contributed by atoms with Crippen LogP contribution in [0.4, 0.5) is 0 Å². The summed E-state index contributed by atoms with van der Waals surface area (Å²) in [6, 6.07) is 8.62. The van der Waals surface area contributed by atoms with E-state index in [-0.39, 0.29) is 0 Å². The van der Waals surface area contributed by atoms with Crippen LogP contribution in [0.25, 0.3) is 0 Å². The molecular weight excluding hydrogens is 170 g/mol. The molecular formula is C13H17N. The van der Waals surface area contributed by atoms with Crippen LogP contribution in [0.3, 0.4) is 0 Å². The third-order valence-electron chi connectivity index (χ3n) is 2.17. The van der Waals surface area contributed by atoms with Gasteiger partial charge in [-0.3, -0.25) is 0 Å². The van der Waals surface area contributed by atoms with Crippen molar-refractivity contribution in [3.63, 3.8) is 0 Å². The summed E-state index contributed by atoms with van der Waals surface area (Å²) in [7, 11) is 0. The molecule has 1 rings (SSSR count). The lowest BCUT2D eigenvalue weighted by atomic mass is 10.0. The average molecular weight is 187 g/mol. The standard InChI is InChI=1S/C13H17N/c1-11(2)13-8-6-12(7-9-13)5-3-4-10-14/h6-9,11H,5,10,14H2,1-2H3. The van der Waals surface area contributed by atoms with Crippen molar-refractivity contribution in [3.8, 4) is 11.8 Å². The van der Waals surface area contributed by atoms with Crippen LogP contribution in [0.1, 0.15) is 30.9 Å². The van der Waals surface area contributed by atoms with Crippen molar-refractivity contribution in [2.24, 2.45) is 5.73 Å². The summed E-state index contributed by atoms with van der Waals surface area (Å²) < 4.78 is 0. The minimum atomic E-state index is 0.448. The molecule has 0 saturated carbocycles. The van der Waals surface area contributed by atoms with Gasteiger partial charge in [0.15, 0.2) is 0 Å². The second kappa shape index (κ2) is 5.47. The maximum atomic E-state index is 5.28. The van der Waals surface area contributed by atoms with Crippen LogP contribution in [0, 0.1) is 11.8 Å². The number of hydrogen-bond acceptors (Lipinski definition) is 1. The smallest absolute Gasteiger partial charge is 0.0551 e. The van der Waals surface area contributed by atoms with Crippen molar-refractivity contribution in [2.45, 2.75) is 26.2 Å². The Hall–Kier alpha value is -1.26. The van der Waals surface area contributed by atoms with E-state index in [9.17, 15) is 0 Å². The van der Waals surface area contributed by atoms with E-state index < -0.39 is 0 Å². The van der Waals surface area contributed by atoms with Crippen LogP contribution in [0.5, 0.6) is 0 Å². The van der Waals surface area contributed by atoms with Gasteiger partial charge in [0.1, 0.15) is 0 Å². The van der Waals surface area contributed by atoms with Crippen LogP contribution in [0.15, 0.2) is 24.3 Å². The Bertz CT molecular complexity index is 324. The second-order valence-electron chi connectivity index (χ2n) is 3.63. The van der Waals surface area contributed by atoms with Gasteiger partial charge in [0.25, 0.3) is 0 Å². The van der Waals surface area contributed by atoms with Crippen molar-refractivity contribution in [3.05, 3.63) is 35.4 Å². The van der Waals surface area contributed by atoms with E-state index in [1.807, 2.05) is 0 Å². The summed E-state index contributed by atoms with van der Waals surface area (Å²) in [5.74, 6) is 6.48. The molecule has 0 radical (unpaired) electrons. The Kier molecular flexibility index (Phi) is 4.22. The quantitative estimate of drug-likeness (QED) is 0.706. The van der Waals surface area contributed by atoms with Gasteiger partial charge >= 0.3 is 0 Å². The third kappa shape index (κ3) is 3.24. The zero-order valence-electron chi connectivity index (χ0n) is 8.88. The van der Waals surface area contributed by atoms with Gasteiger partial charge in [-0.05, 0) is 17.0 Å². The van der Waals surface area contributed by atoms with Crippen LogP contribution < -0.4 is 5.73 Å². The highest BCUT2D eigenvalue weighted by molar-refractivity contribution is 5.27. The fourth-order valence-corrected chi connectivity index (χ4v) is 1.26. The first-order valence-corrected chi connectivity index (χ1v) is 4.98. The number of rotatable bonds is 2. The summed E-state index contributed by atoms with van der Waals surface area (Å²) in [5.41, 5.74) is 7.92. The van der Waals surface area contributed by atoms with Gasteiger partial charge < -0.3 is 5.73 Å². The van der Waals surface area contributed by atoms with Crippen molar-refractivity contribution < 1.29 is 0 Å². The van der Waals surface area contributed by atoms with Gasteiger partial charge in [-0.2, -0.15) is 0 Å². The summed E-state index contributed by atoms with van der Waals surface area (Å²) >= 11 is 0. The predicted molar refractivity (Wildman–Crippen MR) is 61.1 cm³/mol. The van der Waals surface area contributed by atoms with E-state index in [0.717, 1.165) is 6.42 Å². The highest BCUT2D eigenvalue weighted by atomic mass is 14.5. The first-order chi connectivity index (χ1) is 6.74. The lowest BCUT2D eigenvalue weighted by Gasteiger charge is -2.04. The molecule has 0 amide bonds. The molecule has 0 aliphatic heterocycles. The number of nitrogens with two attached hydrogens (primary N) is 1. The molecule has 0 atom stereocenters. The Balaban J connectivity index is 2.64. The van der Waals surface area contributed by atoms with Gasteiger partial charge in [0.05, 0.1) is 6.54 Å². The Morgan fingerprint density at radius 2 is 1.79 bits per heavy atom. The molecule has 1 nitrogen and oxygen atoms in total. The molecule has 74 valence electrons. The van der Waals surface area contributed by atoms with Crippen molar-refractivity contribution >= 4 is 0 Å². The monoisotopic (exact) mass is 187 g/mol. The molecule has 0 heterocycles. The molecule has 1 aromatic carbocycles. The highest BCUT2D eigenvalue weighted by Crippen LogP contribution is 2.14. The van der Waals surface area contributed by atoms with E-state index in [2.05, 4.69) is 50.0 Å². The van der Waals surface area contributed by atoms with Crippen molar-refractivity contribution in [2.75, 3.05) is 6.54 Å². The molecule has 0 aromatic heterocycles. The van der Waals surface area contributed by atoms with Gasteiger partial charge in [-0.1, -0.05) is 50.0 Å². The zero-order valence-corrected chi connectivity index (χ0v) is 8.88. The van der Waals surface area contributed by atoms with Gasteiger partial charge in [-0.15, -0.1) is 0 Å². The van der Waals surface area contributed by atoms with Gasteiger partial charge in [-0.25, -0.2) is 0 Å². The third-order valence-corrected chi connectivity index (χ3v) is 2.17. The largest absolute Gasteiger partial charge is 0.320 e. The summed E-state index contributed by atoms with van der Waals surface area (Å²) in [6.45, 7) is 4.84. The van der Waals surface area contributed by atoms with Crippen LogP contribution in [-0.2, 0) is 6.42 Å². The zero-order chi connectivity index (χ0) is 10.4. The summed E-state index contributed by atoms with van der Waals surface area (Å²) in [5, 5.41) is 0. The molecule has 0 fully saturated rings. The molecule has 0 aliphatic carbocycles. The minimum Gasteiger partial charge on any atom is -0.320 e. The fourth-order valence-electron chi connectivity index (χ4n) is 1.26. The normalized spacial score (nSPS) is 9.71. The lowest BCUT2D eigenvalue weighted by molar-refractivity contribution is 0.865. The number of benzene rings is 1. The minimum absolute atomic E-state index is 0.448. The Morgan fingerprint density at radius 1 is 1.14 bits per heavy atom. The van der Waals surface area contributed by atoms with Crippen LogP contribution in [0.2, 0.25) is 0 Å². The summed E-state index contributed by atoms with van der Waals surface area (Å²) in [6.07, 6.45) is 0.801. The Morgan fingerprint density at radius 3 is 2.29 bits per heavy atom. The van der Waals surface area contributed by atoms with E-state index in [0.29, 0.717) is 12.5 Å². The van der Waals surface area contributed by atoms with E-state index >= 15 is 0 Å². The molecule has 14 heavy (non-hydrogen) atoms. The number of hydrogen-bond donors (Lipinski definition) is 1. The Labute approximate surface area is 86.3 Å². The molecule has 0 saturated heterocycles. The average Bonchev–Trinajstić information content (AvgIpc) is 2.19. The van der Waals surface area contributed by atoms with Crippen molar-refractivity contribution in [1.82, 2.24) is 0 Å². The topological polar surface area (TPSA) is 26.0 Å². The van der Waals surface area contributed by atoms with Crippen LogP contribution >= 0.6 is 0 Å². The molecule has 1 aromatic rings. The molecule has 0 bridgehead atoms.